The summed E-state index contributed by atoms with van der Waals surface area (Å²) in [7, 11) is 0. The fraction of sp³-hybridized carbons (Fsp3) is 0.469. The quantitative estimate of drug-likeness (QED) is 0.110. The number of carbonyl (C=O) groups is 1. The molecule has 4 nitrogen and oxygen atoms in total. The highest BCUT2D eigenvalue weighted by atomic mass is 19.4. The van der Waals surface area contributed by atoms with Crippen molar-refractivity contribution in [3.8, 4) is 17.1 Å². The van der Waals surface area contributed by atoms with Crippen molar-refractivity contribution >= 4 is 5.97 Å². The second-order valence-electron chi connectivity index (χ2n) is 10.1. The van der Waals surface area contributed by atoms with Crippen LogP contribution in [0.2, 0.25) is 0 Å². The fourth-order valence-electron chi connectivity index (χ4n) is 4.47. The van der Waals surface area contributed by atoms with Crippen molar-refractivity contribution in [1.82, 2.24) is 9.97 Å². The minimum atomic E-state index is -4.18. The maximum atomic E-state index is 13.3. The van der Waals surface area contributed by atoms with Gasteiger partial charge in [0.05, 0.1) is 11.5 Å². The van der Waals surface area contributed by atoms with Gasteiger partial charge in [0.1, 0.15) is 5.75 Å². The smallest absolute Gasteiger partial charge is 0.391 e. The number of esters is 1. The van der Waals surface area contributed by atoms with E-state index in [0.29, 0.717) is 30.0 Å². The highest BCUT2D eigenvalue weighted by molar-refractivity contribution is 5.91. The summed E-state index contributed by atoms with van der Waals surface area (Å²) in [6.45, 7) is 4.10. The molecule has 0 radical (unpaired) electrons. The molecule has 0 aliphatic rings. The van der Waals surface area contributed by atoms with Crippen LogP contribution < -0.4 is 4.74 Å². The van der Waals surface area contributed by atoms with Crippen LogP contribution >= 0.6 is 0 Å². The van der Waals surface area contributed by atoms with Crippen molar-refractivity contribution in [2.24, 2.45) is 5.92 Å². The van der Waals surface area contributed by atoms with Crippen LogP contribution in [0.4, 0.5) is 13.2 Å². The zero-order valence-corrected chi connectivity index (χ0v) is 23.0. The predicted molar refractivity (Wildman–Crippen MR) is 149 cm³/mol. The van der Waals surface area contributed by atoms with E-state index in [0.717, 1.165) is 36.0 Å². The van der Waals surface area contributed by atoms with E-state index in [4.69, 9.17) is 4.74 Å². The monoisotopic (exact) mass is 540 g/mol. The number of halogens is 3. The number of alkyl halides is 3. The third-order valence-corrected chi connectivity index (χ3v) is 6.94. The number of hydrogen-bond donors (Lipinski definition) is 0. The topological polar surface area (TPSA) is 52.1 Å². The van der Waals surface area contributed by atoms with Crippen molar-refractivity contribution in [3.63, 3.8) is 0 Å². The van der Waals surface area contributed by atoms with E-state index in [1.807, 2.05) is 19.3 Å². The van der Waals surface area contributed by atoms with Gasteiger partial charge in [0.2, 0.25) is 0 Å². The van der Waals surface area contributed by atoms with Gasteiger partial charge in [-0.15, -0.1) is 0 Å². The number of ether oxygens (including phenoxy) is 1. The summed E-state index contributed by atoms with van der Waals surface area (Å²) in [6, 6.07) is 13.6. The van der Waals surface area contributed by atoms with Crippen LogP contribution in [0.5, 0.6) is 5.75 Å². The van der Waals surface area contributed by atoms with Crippen LogP contribution in [0.3, 0.4) is 0 Å². The molecular weight excluding hydrogens is 501 g/mol. The maximum Gasteiger partial charge on any atom is 0.391 e. The number of benzene rings is 2. The lowest BCUT2D eigenvalue weighted by molar-refractivity contribution is -0.178. The normalized spacial score (nSPS) is 12.3. The fourth-order valence-corrected chi connectivity index (χ4v) is 4.47. The van der Waals surface area contributed by atoms with Crippen molar-refractivity contribution in [3.05, 3.63) is 77.6 Å². The van der Waals surface area contributed by atoms with Gasteiger partial charge >= 0.3 is 12.1 Å². The van der Waals surface area contributed by atoms with E-state index in [9.17, 15) is 18.0 Å². The van der Waals surface area contributed by atoms with E-state index >= 15 is 0 Å². The Hall–Kier alpha value is -3.22. The second-order valence-corrected chi connectivity index (χ2v) is 10.1. The molecule has 7 heteroatoms. The Bertz CT molecular complexity index is 1130. The summed E-state index contributed by atoms with van der Waals surface area (Å²) in [4.78, 5) is 21.6. The number of unbranched alkanes of at least 4 members (excludes halogenated alkanes) is 5. The minimum Gasteiger partial charge on any atom is -0.423 e. The maximum absolute atomic E-state index is 13.3. The summed E-state index contributed by atoms with van der Waals surface area (Å²) < 4.78 is 45.2. The van der Waals surface area contributed by atoms with Crippen LogP contribution in [-0.4, -0.2) is 22.1 Å². The molecule has 0 fully saturated rings. The average molecular weight is 541 g/mol. The second kappa shape index (κ2) is 15.4. The standard InChI is InChI=1S/C32H39F3N2O2/c1-3-5-7-8-9-10-25-22-36-30(37-23-25)26-15-17-27(18-16-26)31(38)39-29-20-13-24(14-21-29)12-19-28(11-6-4-2)32(33,34)35/h13-18,20-23,28H,3-12,19H2,1-2H3. The zero-order valence-electron chi connectivity index (χ0n) is 23.0. The largest absolute Gasteiger partial charge is 0.423 e. The first-order valence-corrected chi connectivity index (χ1v) is 14.1. The average Bonchev–Trinajstić information content (AvgIpc) is 2.93. The Morgan fingerprint density at radius 2 is 1.41 bits per heavy atom. The molecule has 0 bridgehead atoms. The number of aryl methyl sites for hydroxylation is 2. The SMILES string of the molecule is CCCCCCCc1cnc(-c2ccc(C(=O)Oc3ccc(CCC(CCCC)C(F)(F)F)cc3)cc2)nc1. The summed E-state index contributed by atoms with van der Waals surface area (Å²) in [5, 5.41) is 0. The van der Waals surface area contributed by atoms with Gasteiger partial charge in [0.15, 0.2) is 5.82 Å². The van der Waals surface area contributed by atoms with Crippen LogP contribution in [0, 0.1) is 5.92 Å². The third-order valence-electron chi connectivity index (χ3n) is 6.94. The Morgan fingerprint density at radius 1 is 0.769 bits per heavy atom. The first-order valence-electron chi connectivity index (χ1n) is 14.1. The minimum absolute atomic E-state index is 0.0560. The van der Waals surface area contributed by atoms with Crippen molar-refractivity contribution in [2.45, 2.75) is 90.7 Å². The lowest BCUT2D eigenvalue weighted by atomic mass is 9.94. The van der Waals surface area contributed by atoms with Crippen LogP contribution in [-0.2, 0) is 12.8 Å². The molecule has 2 aromatic carbocycles. The van der Waals surface area contributed by atoms with E-state index in [2.05, 4.69) is 16.9 Å². The van der Waals surface area contributed by atoms with Gasteiger partial charge in [-0.2, -0.15) is 13.2 Å². The lowest BCUT2D eigenvalue weighted by Gasteiger charge is -2.20. The third kappa shape index (κ3) is 10.1. The zero-order chi connectivity index (χ0) is 28.1. The highest BCUT2D eigenvalue weighted by Crippen LogP contribution is 2.34. The molecule has 39 heavy (non-hydrogen) atoms. The molecule has 0 N–H and O–H groups in total. The number of carbonyl (C=O) groups excluding carboxylic acids is 1. The van der Waals surface area contributed by atoms with Crippen LogP contribution in [0.15, 0.2) is 60.9 Å². The molecule has 0 spiro atoms. The molecule has 1 unspecified atom stereocenters. The van der Waals surface area contributed by atoms with Gasteiger partial charge in [-0.1, -0.05) is 76.6 Å². The molecule has 0 saturated heterocycles. The Labute approximate surface area is 230 Å². The van der Waals surface area contributed by atoms with Gasteiger partial charge in [0, 0.05) is 18.0 Å². The molecule has 0 aliphatic carbocycles. The Balaban J connectivity index is 1.50. The van der Waals surface area contributed by atoms with E-state index in [-0.39, 0.29) is 12.8 Å². The lowest BCUT2D eigenvalue weighted by Crippen LogP contribution is -2.23. The molecular formula is C32H39F3N2O2. The number of aromatic nitrogens is 2. The summed E-state index contributed by atoms with van der Waals surface area (Å²) >= 11 is 0. The van der Waals surface area contributed by atoms with Crippen LogP contribution in [0.1, 0.15) is 93.1 Å². The number of hydrogen-bond acceptors (Lipinski definition) is 4. The molecule has 3 aromatic rings. The Morgan fingerprint density at radius 3 is 2.03 bits per heavy atom. The number of rotatable bonds is 15. The van der Waals surface area contributed by atoms with Gasteiger partial charge in [-0.3, -0.25) is 0 Å². The first-order chi connectivity index (χ1) is 18.8. The van der Waals surface area contributed by atoms with Crippen molar-refractivity contribution in [2.75, 3.05) is 0 Å². The predicted octanol–water partition coefficient (Wildman–Crippen LogP) is 9.18. The van der Waals surface area contributed by atoms with E-state index < -0.39 is 18.1 Å². The highest BCUT2D eigenvalue weighted by Gasteiger charge is 2.38. The van der Waals surface area contributed by atoms with Gasteiger partial charge in [-0.05, 0) is 67.5 Å². The molecule has 210 valence electrons. The Kier molecular flexibility index (Phi) is 12.0. The summed E-state index contributed by atoms with van der Waals surface area (Å²) in [6.07, 6.45) is 8.51. The summed E-state index contributed by atoms with van der Waals surface area (Å²) in [5.41, 5.74) is 3.10. The molecule has 1 aromatic heterocycles. The summed E-state index contributed by atoms with van der Waals surface area (Å²) in [5.74, 6) is -0.852. The van der Waals surface area contributed by atoms with Crippen molar-refractivity contribution in [1.29, 1.82) is 0 Å². The van der Waals surface area contributed by atoms with Crippen LogP contribution in [0.25, 0.3) is 11.4 Å². The molecule has 1 atom stereocenters. The molecule has 0 aliphatic heterocycles. The molecule has 0 saturated carbocycles. The molecule has 1 heterocycles. The van der Waals surface area contributed by atoms with E-state index in [1.165, 1.54) is 25.7 Å². The molecule has 0 amide bonds. The first kappa shape index (κ1) is 30.3. The molecule has 3 rings (SSSR count). The number of nitrogens with zero attached hydrogens (tertiary/aromatic N) is 2. The van der Waals surface area contributed by atoms with Gasteiger partial charge in [0.25, 0.3) is 0 Å². The van der Waals surface area contributed by atoms with Gasteiger partial charge in [-0.25, -0.2) is 14.8 Å². The van der Waals surface area contributed by atoms with E-state index in [1.54, 1.807) is 48.5 Å². The van der Waals surface area contributed by atoms with Crippen molar-refractivity contribution < 1.29 is 22.7 Å². The van der Waals surface area contributed by atoms with Gasteiger partial charge < -0.3 is 4.74 Å².